The van der Waals surface area contributed by atoms with Crippen molar-refractivity contribution in [2.75, 3.05) is 0 Å². The molecular formula is C12H3F27N3O3P3. The van der Waals surface area contributed by atoms with Gasteiger partial charge in [-0.05, 0) is 0 Å². The maximum atomic E-state index is 14.1. The van der Waals surface area contributed by atoms with Crippen molar-refractivity contribution in [3.05, 3.63) is 0 Å². The molecule has 1 atom stereocenters. The van der Waals surface area contributed by atoms with Gasteiger partial charge in [-0.2, -0.15) is 132 Å². The van der Waals surface area contributed by atoms with Crippen molar-refractivity contribution in [3.63, 3.8) is 0 Å². The molecule has 1 aliphatic heterocycles. The molecule has 0 saturated carbocycles. The highest BCUT2D eigenvalue weighted by molar-refractivity contribution is 7.84. The van der Waals surface area contributed by atoms with Crippen LogP contribution in [0.3, 0.4) is 0 Å². The number of halogens is 27. The van der Waals surface area contributed by atoms with E-state index in [9.17, 15) is 119 Å². The third-order valence-corrected chi connectivity index (χ3v) is 13.7. The Kier molecular flexibility index (Phi) is 11.6. The maximum absolute atomic E-state index is 14.1. The lowest BCUT2D eigenvalue weighted by atomic mass is 10.3. The van der Waals surface area contributed by atoms with Crippen molar-refractivity contribution in [1.29, 1.82) is 0 Å². The predicted molar refractivity (Wildman–Crippen MR) is 97.2 cm³/mol. The summed E-state index contributed by atoms with van der Waals surface area (Å²) in [5, 5.41) is 0. The molecule has 6 nitrogen and oxygen atoms in total. The molecular weight excluding hydrogens is 840 g/mol. The topological polar surface area (TPSA) is 64.8 Å². The smallest absolute Gasteiger partial charge is 0.298 e. The monoisotopic (exact) mass is 843 g/mol. The van der Waals surface area contributed by atoms with E-state index in [1.807, 2.05) is 0 Å². The van der Waals surface area contributed by atoms with Gasteiger partial charge in [0.15, 0.2) is 0 Å². The predicted octanol–water partition coefficient (Wildman–Crippen LogP) is 12.2. The first-order chi connectivity index (χ1) is 20.4. The molecule has 288 valence electrons. The van der Waals surface area contributed by atoms with Gasteiger partial charge in [-0.3, -0.25) is 13.6 Å². The lowest BCUT2D eigenvalue weighted by Gasteiger charge is -2.40. The van der Waals surface area contributed by atoms with Crippen molar-refractivity contribution in [1.82, 2.24) is 0 Å². The summed E-state index contributed by atoms with van der Waals surface area (Å²) in [6, 6.07) is 0. The van der Waals surface area contributed by atoms with Gasteiger partial charge >= 0.3 is 69.9 Å². The molecule has 0 amide bonds. The van der Waals surface area contributed by atoms with E-state index in [-0.39, 0.29) is 0 Å². The summed E-state index contributed by atoms with van der Waals surface area (Å²) in [6.45, 7) is 0. The molecule has 48 heavy (non-hydrogen) atoms. The molecule has 0 fully saturated rings. The van der Waals surface area contributed by atoms with Crippen molar-refractivity contribution in [3.8, 4) is 0 Å². The Labute approximate surface area is 242 Å². The Hall–Kier alpha value is -1.32. The van der Waals surface area contributed by atoms with E-state index < -0.39 is 95.4 Å². The van der Waals surface area contributed by atoms with Crippen LogP contribution in [-0.2, 0) is 13.6 Å². The zero-order valence-electron chi connectivity index (χ0n) is 20.3. The molecule has 0 aromatic rings. The maximum Gasteiger partial charge on any atom is 0.467 e. The van der Waals surface area contributed by atoms with E-state index >= 15 is 0 Å². The molecule has 0 N–H and O–H groups in total. The molecule has 0 spiro atoms. The van der Waals surface area contributed by atoms with Gasteiger partial charge in [0.2, 0.25) is 0 Å². The van der Waals surface area contributed by atoms with Crippen LogP contribution < -0.4 is 0 Å². The molecule has 0 aliphatic carbocycles. The molecule has 0 radical (unpaired) electrons. The van der Waals surface area contributed by atoms with Crippen LogP contribution in [0.25, 0.3) is 0 Å². The first-order valence-electron chi connectivity index (χ1n) is 9.96. The van der Waals surface area contributed by atoms with E-state index in [0.29, 0.717) is 4.52 Å². The molecule has 0 aromatic heterocycles. The average Bonchev–Trinajstić information content (AvgIpc) is 2.73. The van der Waals surface area contributed by atoms with Gasteiger partial charge < -0.3 is 0 Å². The minimum absolute atomic E-state index is 0.618. The normalized spacial score (nSPS) is 22.1. The summed E-state index contributed by atoms with van der Waals surface area (Å²) >= 11 is 0. The van der Waals surface area contributed by atoms with Crippen LogP contribution >= 0.6 is 22.3 Å². The molecule has 1 heterocycles. The highest BCUT2D eigenvalue weighted by atomic mass is 31.3. The second kappa shape index (κ2) is 12.4. The fourth-order valence-electron chi connectivity index (χ4n) is 2.54. The Bertz CT molecular complexity index is 1240. The summed E-state index contributed by atoms with van der Waals surface area (Å²) in [4.78, 5) is 0. The summed E-state index contributed by atoms with van der Waals surface area (Å²) < 4.78 is 371. The van der Waals surface area contributed by atoms with E-state index in [1.54, 1.807) is 0 Å². The Balaban J connectivity index is 5.02. The number of nitrogens with zero attached hydrogens (tertiary/aromatic N) is 3. The quantitative estimate of drug-likeness (QED) is 0.198. The zero-order chi connectivity index (χ0) is 39.0. The van der Waals surface area contributed by atoms with Crippen LogP contribution in [0.15, 0.2) is 13.5 Å². The Morgan fingerprint density at radius 1 is 0.312 bits per heavy atom. The second-order valence-electron chi connectivity index (χ2n) is 8.01. The van der Waals surface area contributed by atoms with Gasteiger partial charge in [-0.1, -0.05) is 0 Å². The van der Waals surface area contributed by atoms with Gasteiger partial charge in [0.05, 0.1) is 0 Å². The van der Waals surface area contributed by atoms with Gasteiger partial charge in [-0.25, -0.2) is 0 Å². The lowest BCUT2D eigenvalue weighted by molar-refractivity contribution is -0.312. The fraction of sp³-hybridized carbons (Fsp3) is 1.00. The Morgan fingerprint density at radius 3 is 0.771 bits per heavy atom. The Morgan fingerprint density at radius 2 is 0.562 bits per heavy atom. The van der Waals surface area contributed by atoms with Crippen molar-refractivity contribution in [2.24, 2.45) is 13.5 Å². The van der Waals surface area contributed by atoms with E-state index in [4.69, 9.17) is 0 Å². The molecule has 1 unspecified atom stereocenters. The molecule has 1 rings (SSSR count). The SMILES string of the molecule is FC(F)(F)C(OP1(OC(C(F)(F)F)C(F)(F)F)=NP(C(F)(F)F)(C(F)(F)F)=NP(OC(C(F)(F)F)C(F)(F)F)(C(F)(F)F)=N1)C(F)(F)F. The fourth-order valence-corrected chi connectivity index (χ4v) is 13.3. The minimum Gasteiger partial charge on any atom is -0.298 e. The van der Waals surface area contributed by atoms with Crippen LogP contribution in [0.4, 0.5) is 119 Å². The first kappa shape index (κ1) is 44.7. The molecule has 1 aliphatic rings. The zero-order valence-corrected chi connectivity index (χ0v) is 23.0. The number of hydrogen-bond donors (Lipinski definition) is 0. The van der Waals surface area contributed by atoms with Gasteiger partial charge in [0.25, 0.3) is 25.5 Å². The highest BCUT2D eigenvalue weighted by Crippen LogP contribution is 2.91. The van der Waals surface area contributed by atoms with Crippen molar-refractivity contribution >= 4 is 22.3 Å². The summed E-state index contributed by atoms with van der Waals surface area (Å²) in [6.07, 6.45) is -65.0. The number of alkyl halides is 27. The van der Waals surface area contributed by atoms with Gasteiger partial charge in [-0.15, -0.1) is 0 Å². The number of rotatable bonds is 6. The van der Waals surface area contributed by atoms with Gasteiger partial charge in [0, 0.05) is 0 Å². The van der Waals surface area contributed by atoms with Crippen molar-refractivity contribution in [2.45, 2.75) is 73.1 Å². The second-order valence-corrected chi connectivity index (χ2v) is 15.6. The summed E-state index contributed by atoms with van der Waals surface area (Å²) in [5.74, 6) is -24.3. The standard InChI is InChI=1S/C12H3F27N3O3P3/c13-4(14,15)1(5(16,17)18)43-47(12(37,38)39)40-46(10(31,32)33,11(34,35)36)41-48(42-47,44-2(6(19,20)21)7(22,23)24)45-3(8(25,26)27)9(28,29)30/h1-3H. The van der Waals surface area contributed by atoms with Crippen LogP contribution in [0.5, 0.6) is 0 Å². The van der Waals surface area contributed by atoms with Crippen molar-refractivity contribution < 1.29 is 132 Å². The highest BCUT2D eigenvalue weighted by Gasteiger charge is 2.75. The van der Waals surface area contributed by atoms with Crippen LogP contribution in [-0.4, -0.2) is 73.1 Å². The van der Waals surface area contributed by atoms with Gasteiger partial charge in [0.1, 0.15) is 0 Å². The van der Waals surface area contributed by atoms with Crippen LogP contribution in [0.1, 0.15) is 0 Å². The molecule has 0 saturated heterocycles. The lowest BCUT2D eigenvalue weighted by Crippen LogP contribution is -2.46. The van der Waals surface area contributed by atoms with Crippen LogP contribution in [0, 0.1) is 0 Å². The van der Waals surface area contributed by atoms with E-state index in [0.717, 1.165) is 9.03 Å². The molecule has 36 heteroatoms. The summed E-state index contributed by atoms with van der Waals surface area (Å²) in [5.41, 5.74) is 0. The third kappa shape index (κ3) is 9.51. The average molecular weight is 843 g/mol. The largest absolute Gasteiger partial charge is 0.467 e. The van der Waals surface area contributed by atoms with E-state index in [2.05, 4.69) is 13.6 Å². The first-order valence-corrected chi connectivity index (χ1v) is 14.8. The van der Waals surface area contributed by atoms with Crippen LogP contribution in [0.2, 0.25) is 0 Å². The molecule has 0 bridgehead atoms. The third-order valence-electron chi connectivity index (χ3n) is 4.29. The van der Waals surface area contributed by atoms with E-state index in [1.165, 1.54) is 0 Å². The summed E-state index contributed by atoms with van der Waals surface area (Å²) in [7, 11) is -28.3. The molecule has 0 aromatic carbocycles. The minimum atomic E-state index is -9.62. The number of hydrogen-bond acceptors (Lipinski definition) is 6.